The number of halogens is 1. The third kappa shape index (κ3) is 6.08. The van der Waals surface area contributed by atoms with Crippen molar-refractivity contribution < 1.29 is 13.9 Å². The van der Waals surface area contributed by atoms with Gasteiger partial charge in [0.2, 0.25) is 0 Å². The van der Waals surface area contributed by atoms with Gasteiger partial charge in [0.25, 0.3) is 0 Å². The molecular formula is C14H20IN3O3. The summed E-state index contributed by atoms with van der Waals surface area (Å²) in [4.78, 5) is 15.8. The minimum atomic E-state index is -0.418. The number of aliphatic imine (C=N–C) groups is 1. The van der Waals surface area contributed by atoms with E-state index in [2.05, 4.69) is 26.3 Å². The van der Waals surface area contributed by atoms with E-state index in [0.717, 1.165) is 6.54 Å². The van der Waals surface area contributed by atoms with Crippen LogP contribution in [0.2, 0.25) is 0 Å². The molecule has 0 aliphatic heterocycles. The topological polar surface area (TPSA) is 75.9 Å². The van der Waals surface area contributed by atoms with Gasteiger partial charge in [0, 0.05) is 6.54 Å². The van der Waals surface area contributed by atoms with Gasteiger partial charge in [-0.05, 0) is 19.9 Å². The fraction of sp³-hybridized carbons (Fsp3) is 0.429. The van der Waals surface area contributed by atoms with Gasteiger partial charge in [-0.2, -0.15) is 0 Å². The Morgan fingerprint density at radius 3 is 2.81 bits per heavy atom. The number of carbonyl (C=O) groups is 1. The summed E-state index contributed by atoms with van der Waals surface area (Å²) < 4.78 is 10.1. The lowest BCUT2D eigenvalue weighted by atomic mass is 10.2. The smallest absolute Gasteiger partial charge is 0.341 e. The molecule has 0 radical (unpaired) electrons. The molecule has 0 aromatic carbocycles. The number of furan rings is 1. The zero-order valence-corrected chi connectivity index (χ0v) is 14.7. The molecule has 1 rings (SSSR count). The van der Waals surface area contributed by atoms with E-state index in [1.807, 2.05) is 6.92 Å². The maximum absolute atomic E-state index is 11.5. The summed E-state index contributed by atoms with van der Waals surface area (Å²) in [5.74, 6) is 3.75. The SMILES string of the molecule is C#CCNC(=NCc1cc(C(=O)OC)c(C)o1)NCC.I. The highest BCUT2D eigenvalue weighted by atomic mass is 127. The van der Waals surface area contributed by atoms with Gasteiger partial charge in [0.05, 0.1) is 13.7 Å². The number of nitrogens with one attached hydrogen (secondary N) is 2. The van der Waals surface area contributed by atoms with Crippen LogP contribution in [0.15, 0.2) is 15.5 Å². The summed E-state index contributed by atoms with van der Waals surface area (Å²) in [6.07, 6.45) is 5.19. The molecule has 1 heterocycles. The van der Waals surface area contributed by atoms with E-state index < -0.39 is 5.97 Å². The van der Waals surface area contributed by atoms with Gasteiger partial charge >= 0.3 is 5.97 Å². The van der Waals surface area contributed by atoms with Crippen LogP contribution < -0.4 is 10.6 Å². The van der Waals surface area contributed by atoms with Crippen molar-refractivity contribution in [1.82, 2.24) is 10.6 Å². The summed E-state index contributed by atoms with van der Waals surface area (Å²) in [5, 5.41) is 6.02. The molecule has 0 saturated carbocycles. The van der Waals surface area contributed by atoms with Crippen molar-refractivity contribution in [2.45, 2.75) is 20.4 Å². The van der Waals surface area contributed by atoms with Crippen molar-refractivity contribution in [3.05, 3.63) is 23.2 Å². The number of rotatable bonds is 5. The molecule has 1 aromatic heterocycles. The summed E-state index contributed by atoms with van der Waals surface area (Å²) in [7, 11) is 1.33. The van der Waals surface area contributed by atoms with Gasteiger partial charge in [-0.1, -0.05) is 5.92 Å². The molecule has 0 fully saturated rings. The summed E-state index contributed by atoms with van der Waals surface area (Å²) >= 11 is 0. The predicted octanol–water partition coefficient (Wildman–Crippen LogP) is 1.68. The third-order valence-corrected chi connectivity index (χ3v) is 2.47. The molecule has 0 amide bonds. The lowest BCUT2D eigenvalue weighted by molar-refractivity contribution is 0.0599. The van der Waals surface area contributed by atoms with Crippen molar-refractivity contribution in [3.8, 4) is 12.3 Å². The molecular weight excluding hydrogens is 385 g/mol. The van der Waals surface area contributed by atoms with Crippen LogP contribution in [0, 0.1) is 19.3 Å². The number of terminal acetylenes is 1. The van der Waals surface area contributed by atoms with E-state index in [-0.39, 0.29) is 24.0 Å². The van der Waals surface area contributed by atoms with Crippen LogP contribution in [0.4, 0.5) is 0 Å². The monoisotopic (exact) mass is 405 g/mol. The molecule has 0 spiro atoms. The van der Waals surface area contributed by atoms with E-state index in [1.54, 1.807) is 13.0 Å². The van der Waals surface area contributed by atoms with Crippen LogP contribution in [-0.2, 0) is 11.3 Å². The van der Waals surface area contributed by atoms with Gasteiger partial charge in [0.1, 0.15) is 23.6 Å². The molecule has 21 heavy (non-hydrogen) atoms. The molecule has 116 valence electrons. The number of aryl methyl sites for hydroxylation is 1. The first-order valence-corrected chi connectivity index (χ1v) is 6.25. The van der Waals surface area contributed by atoms with E-state index in [0.29, 0.717) is 36.1 Å². The fourth-order valence-corrected chi connectivity index (χ4v) is 1.57. The second kappa shape index (κ2) is 10.1. The van der Waals surface area contributed by atoms with Crippen molar-refractivity contribution in [1.29, 1.82) is 0 Å². The van der Waals surface area contributed by atoms with Gasteiger partial charge in [-0.15, -0.1) is 30.4 Å². The Morgan fingerprint density at radius 2 is 2.24 bits per heavy atom. The maximum Gasteiger partial charge on any atom is 0.341 e. The summed E-state index contributed by atoms with van der Waals surface area (Å²) in [6, 6.07) is 1.63. The lowest BCUT2D eigenvalue weighted by Gasteiger charge is -2.07. The summed E-state index contributed by atoms with van der Waals surface area (Å²) in [6.45, 7) is 5.08. The molecule has 0 bridgehead atoms. The molecule has 2 N–H and O–H groups in total. The first kappa shape index (κ1) is 19.3. The van der Waals surface area contributed by atoms with Crippen molar-refractivity contribution in [2.24, 2.45) is 4.99 Å². The van der Waals surface area contributed by atoms with Gasteiger partial charge < -0.3 is 19.8 Å². The Morgan fingerprint density at radius 1 is 1.52 bits per heavy atom. The number of hydrogen-bond donors (Lipinski definition) is 2. The molecule has 0 aliphatic carbocycles. The van der Waals surface area contributed by atoms with Crippen LogP contribution in [0.1, 0.15) is 28.8 Å². The van der Waals surface area contributed by atoms with Crippen molar-refractivity contribution >= 4 is 35.9 Å². The Hall–Kier alpha value is -1.69. The van der Waals surface area contributed by atoms with Gasteiger partial charge in [-0.25, -0.2) is 9.79 Å². The number of nitrogens with zero attached hydrogens (tertiary/aromatic N) is 1. The second-order valence-electron chi connectivity index (χ2n) is 3.93. The minimum Gasteiger partial charge on any atom is -0.465 e. The zero-order chi connectivity index (χ0) is 15.0. The number of guanidine groups is 1. The summed E-state index contributed by atoms with van der Waals surface area (Å²) in [5.41, 5.74) is 0.416. The van der Waals surface area contributed by atoms with E-state index in [1.165, 1.54) is 7.11 Å². The average molecular weight is 405 g/mol. The Balaban J connectivity index is 0.00000400. The normalized spacial score (nSPS) is 10.3. The maximum atomic E-state index is 11.5. The molecule has 0 atom stereocenters. The zero-order valence-electron chi connectivity index (χ0n) is 12.4. The number of ether oxygens (including phenoxy) is 1. The first-order chi connectivity index (χ1) is 9.62. The third-order valence-electron chi connectivity index (χ3n) is 2.47. The minimum absolute atomic E-state index is 0. The second-order valence-corrected chi connectivity index (χ2v) is 3.93. The van der Waals surface area contributed by atoms with Crippen LogP contribution in [-0.4, -0.2) is 32.1 Å². The fourth-order valence-electron chi connectivity index (χ4n) is 1.57. The predicted molar refractivity (Wildman–Crippen MR) is 91.9 cm³/mol. The van der Waals surface area contributed by atoms with E-state index in [9.17, 15) is 4.79 Å². The van der Waals surface area contributed by atoms with Crippen LogP contribution in [0.3, 0.4) is 0 Å². The molecule has 0 aliphatic rings. The van der Waals surface area contributed by atoms with Gasteiger partial charge in [0.15, 0.2) is 5.96 Å². The van der Waals surface area contributed by atoms with E-state index >= 15 is 0 Å². The molecule has 7 heteroatoms. The van der Waals surface area contributed by atoms with Crippen LogP contribution >= 0.6 is 24.0 Å². The average Bonchev–Trinajstić information content (AvgIpc) is 2.82. The number of methoxy groups -OCH3 is 1. The first-order valence-electron chi connectivity index (χ1n) is 6.25. The largest absolute Gasteiger partial charge is 0.465 e. The molecule has 1 aromatic rings. The highest BCUT2D eigenvalue weighted by Gasteiger charge is 2.14. The Kier molecular flexibility index (Phi) is 9.28. The molecule has 0 saturated heterocycles. The van der Waals surface area contributed by atoms with Gasteiger partial charge in [-0.3, -0.25) is 0 Å². The molecule has 6 nitrogen and oxygen atoms in total. The standard InChI is InChI=1S/C14H19N3O3.HI/c1-5-7-16-14(15-6-2)17-9-11-8-12(10(3)20-11)13(18)19-4;/h1,8H,6-7,9H2,2-4H3,(H2,15,16,17);1H. The highest BCUT2D eigenvalue weighted by molar-refractivity contribution is 14.0. The van der Waals surface area contributed by atoms with Crippen molar-refractivity contribution in [3.63, 3.8) is 0 Å². The lowest BCUT2D eigenvalue weighted by Crippen LogP contribution is -2.37. The van der Waals surface area contributed by atoms with E-state index in [4.69, 9.17) is 10.8 Å². The van der Waals surface area contributed by atoms with Crippen LogP contribution in [0.5, 0.6) is 0 Å². The Labute approximate surface area is 141 Å². The highest BCUT2D eigenvalue weighted by Crippen LogP contribution is 2.16. The Bertz CT molecular complexity index is 532. The quantitative estimate of drug-likeness (QED) is 0.256. The number of hydrogen-bond acceptors (Lipinski definition) is 4. The molecule has 0 unspecified atom stereocenters. The van der Waals surface area contributed by atoms with Crippen LogP contribution in [0.25, 0.3) is 0 Å². The number of carbonyl (C=O) groups excluding carboxylic acids is 1. The van der Waals surface area contributed by atoms with Crippen molar-refractivity contribution in [2.75, 3.05) is 20.2 Å². The number of esters is 1.